The smallest absolute Gasteiger partial charge is 0.265 e. The summed E-state index contributed by atoms with van der Waals surface area (Å²) in [6.07, 6.45) is 2.16. The van der Waals surface area contributed by atoms with Gasteiger partial charge in [-0.05, 0) is 79.1 Å². The van der Waals surface area contributed by atoms with Gasteiger partial charge in [0.05, 0.1) is 24.5 Å². The monoisotopic (exact) mass is 737 g/mol. The summed E-state index contributed by atoms with van der Waals surface area (Å²) < 4.78 is 7.47. The molecule has 0 spiro atoms. The van der Waals surface area contributed by atoms with Gasteiger partial charge in [0.25, 0.3) is 11.8 Å². The standard InChI is InChI=1S/C39H36ClN7O4.ClH/c1-25-33(39(50)47(29-8-10-31(48)11-9-29)37-13-14-42-36(22-41)43-37)21-35(44(25)2)34-20-28(40)7-12-32(34)38(49)46-23-27-6-4-3-5-26(27)19-30(46)24-45-15-17-51-18-16-45;/h3-14,20-21,30,48H,15-19,23-24H2,1-2H3;1H/t30-;/m0./s1. The summed E-state index contributed by atoms with van der Waals surface area (Å²) in [6.45, 7) is 6.03. The van der Waals surface area contributed by atoms with Crippen LogP contribution < -0.4 is 4.90 Å². The number of aromatic nitrogens is 3. The van der Waals surface area contributed by atoms with Gasteiger partial charge < -0.3 is 19.3 Å². The van der Waals surface area contributed by atoms with Crippen molar-refractivity contribution in [2.75, 3.05) is 37.7 Å². The number of amides is 2. The van der Waals surface area contributed by atoms with E-state index < -0.39 is 5.91 Å². The van der Waals surface area contributed by atoms with Gasteiger partial charge in [-0.3, -0.25) is 19.4 Å². The lowest BCUT2D eigenvalue weighted by molar-refractivity contribution is 0.0193. The molecule has 2 amide bonds. The van der Waals surface area contributed by atoms with Crippen molar-refractivity contribution in [3.8, 4) is 23.1 Å². The zero-order valence-corrected chi connectivity index (χ0v) is 30.3. The van der Waals surface area contributed by atoms with Crippen LogP contribution in [0.4, 0.5) is 11.5 Å². The van der Waals surface area contributed by atoms with Crippen molar-refractivity contribution in [3.63, 3.8) is 0 Å². The largest absolute Gasteiger partial charge is 0.508 e. The van der Waals surface area contributed by atoms with Crippen LogP contribution in [-0.2, 0) is 24.8 Å². The molecular weight excluding hydrogens is 701 g/mol. The van der Waals surface area contributed by atoms with Gasteiger partial charge in [0, 0.05) is 73.0 Å². The number of halogens is 2. The van der Waals surface area contributed by atoms with Crippen molar-refractivity contribution < 1.29 is 19.4 Å². The molecule has 1 atom stereocenters. The Morgan fingerprint density at radius 1 is 1.02 bits per heavy atom. The van der Waals surface area contributed by atoms with Crippen LogP contribution in [0.3, 0.4) is 0 Å². The van der Waals surface area contributed by atoms with Gasteiger partial charge in [-0.1, -0.05) is 35.9 Å². The molecule has 0 bridgehead atoms. The van der Waals surface area contributed by atoms with Crippen LogP contribution in [0.25, 0.3) is 11.3 Å². The number of morpholine rings is 1. The molecule has 2 aromatic heterocycles. The zero-order chi connectivity index (χ0) is 35.6. The van der Waals surface area contributed by atoms with Gasteiger partial charge in [-0.25, -0.2) is 9.97 Å². The minimum atomic E-state index is -0.421. The number of nitriles is 1. The summed E-state index contributed by atoms with van der Waals surface area (Å²) in [4.78, 5) is 43.3. The number of nitrogens with zero attached hydrogens (tertiary/aromatic N) is 7. The summed E-state index contributed by atoms with van der Waals surface area (Å²) in [6, 6.07) is 24.9. The Labute approximate surface area is 313 Å². The third-order valence-electron chi connectivity index (χ3n) is 9.72. The molecule has 2 aliphatic heterocycles. The molecule has 4 heterocycles. The third-order valence-corrected chi connectivity index (χ3v) is 9.96. The molecule has 1 fully saturated rings. The molecule has 2 aliphatic rings. The van der Waals surface area contributed by atoms with Crippen LogP contribution >= 0.6 is 24.0 Å². The zero-order valence-electron chi connectivity index (χ0n) is 28.7. The van der Waals surface area contributed by atoms with E-state index in [1.165, 1.54) is 28.8 Å². The van der Waals surface area contributed by atoms with Gasteiger partial charge in [0.1, 0.15) is 17.6 Å². The van der Waals surface area contributed by atoms with Crippen LogP contribution in [0, 0.1) is 18.3 Å². The highest BCUT2D eigenvalue weighted by Gasteiger charge is 2.34. The molecule has 0 radical (unpaired) electrons. The number of fused-ring (bicyclic) bond motifs is 1. The summed E-state index contributed by atoms with van der Waals surface area (Å²) in [7, 11) is 1.85. The van der Waals surface area contributed by atoms with Gasteiger partial charge in [0.2, 0.25) is 5.82 Å². The van der Waals surface area contributed by atoms with Crippen molar-refractivity contribution in [2.24, 2.45) is 7.05 Å². The Kier molecular flexibility index (Phi) is 10.9. The van der Waals surface area contributed by atoms with E-state index in [1.54, 1.807) is 42.5 Å². The fraction of sp³-hybridized carbons (Fsp3) is 0.256. The van der Waals surface area contributed by atoms with E-state index in [9.17, 15) is 20.0 Å². The second kappa shape index (κ2) is 15.6. The molecule has 52 heavy (non-hydrogen) atoms. The number of aromatic hydroxyl groups is 1. The Morgan fingerprint density at radius 2 is 1.75 bits per heavy atom. The Bertz CT molecular complexity index is 2160. The first-order chi connectivity index (χ1) is 24.7. The molecule has 3 aromatic carbocycles. The first-order valence-electron chi connectivity index (χ1n) is 16.7. The topological polar surface area (TPSA) is 128 Å². The van der Waals surface area contributed by atoms with E-state index in [-0.39, 0.29) is 41.7 Å². The van der Waals surface area contributed by atoms with E-state index in [2.05, 4.69) is 27.0 Å². The first kappa shape index (κ1) is 36.5. The van der Waals surface area contributed by atoms with E-state index >= 15 is 0 Å². The fourth-order valence-corrected chi connectivity index (χ4v) is 7.09. The van der Waals surface area contributed by atoms with E-state index in [1.807, 2.05) is 41.6 Å². The number of phenolic OH excluding ortho intramolecular Hbond substituents is 1. The molecule has 1 saturated heterocycles. The lowest BCUT2D eigenvalue weighted by Gasteiger charge is -2.40. The number of hydrogen-bond donors (Lipinski definition) is 1. The number of phenols is 1. The van der Waals surface area contributed by atoms with Crippen molar-refractivity contribution in [3.05, 3.63) is 124 Å². The minimum absolute atomic E-state index is 0. The molecular formula is C39H37Cl2N7O4. The third kappa shape index (κ3) is 7.24. The van der Waals surface area contributed by atoms with E-state index in [0.29, 0.717) is 58.5 Å². The van der Waals surface area contributed by atoms with E-state index in [4.69, 9.17) is 16.3 Å². The Morgan fingerprint density at radius 3 is 2.48 bits per heavy atom. The maximum atomic E-state index is 14.8. The lowest BCUT2D eigenvalue weighted by Crippen LogP contribution is -2.52. The predicted octanol–water partition coefficient (Wildman–Crippen LogP) is 6.32. The molecule has 5 aromatic rings. The second-order valence-electron chi connectivity index (χ2n) is 12.8. The highest BCUT2D eigenvalue weighted by atomic mass is 35.5. The predicted molar refractivity (Wildman–Crippen MR) is 200 cm³/mol. The van der Waals surface area contributed by atoms with Gasteiger partial charge in [-0.2, -0.15) is 5.26 Å². The average molecular weight is 739 g/mol. The Balaban J connectivity index is 0.00000464. The summed E-state index contributed by atoms with van der Waals surface area (Å²) in [5.74, 6) is -0.402. The number of carbonyl (C=O) groups is 2. The second-order valence-corrected chi connectivity index (χ2v) is 13.2. The molecule has 0 aliphatic carbocycles. The number of benzene rings is 3. The lowest BCUT2D eigenvalue weighted by atomic mass is 9.92. The Hall–Kier alpha value is -5.25. The molecule has 266 valence electrons. The van der Waals surface area contributed by atoms with Crippen LogP contribution in [0.15, 0.2) is 85.1 Å². The SMILES string of the molecule is Cc1c(C(=O)N(c2ccc(O)cc2)c2ccnc(C#N)n2)cc(-c2cc(Cl)ccc2C(=O)N2Cc3ccccc3C[C@H]2CN2CCOCC2)n1C.Cl. The molecule has 13 heteroatoms. The van der Waals surface area contributed by atoms with Gasteiger partial charge in [0.15, 0.2) is 0 Å². The maximum absolute atomic E-state index is 14.8. The average Bonchev–Trinajstić information content (AvgIpc) is 3.45. The number of anilines is 2. The molecule has 1 N–H and O–H groups in total. The van der Waals surface area contributed by atoms with Crippen molar-refractivity contribution in [1.82, 2.24) is 24.3 Å². The van der Waals surface area contributed by atoms with Crippen molar-refractivity contribution in [1.29, 1.82) is 5.26 Å². The molecule has 7 rings (SSSR count). The van der Waals surface area contributed by atoms with Gasteiger partial charge in [-0.15, -0.1) is 12.4 Å². The number of hydrogen-bond acceptors (Lipinski definition) is 8. The first-order valence-corrected chi connectivity index (χ1v) is 17.1. The molecule has 0 saturated carbocycles. The van der Waals surface area contributed by atoms with Crippen LogP contribution in [-0.4, -0.2) is 80.1 Å². The maximum Gasteiger partial charge on any atom is 0.265 e. The van der Waals surface area contributed by atoms with Crippen molar-refractivity contribution >= 4 is 47.3 Å². The molecule has 11 nitrogen and oxygen atoms in total. The summed E-state index contributed by atoms with van der Waals surface area (Å²) >= 11 is 6.61. The van der Waals surface area contributed by atoms with Crippen molar-refractivity contribution in [2.45, 2.75) is 25.9 Å². The van der Waals surface area contributed by atoms with Crippen LogP contribution in [0.1, 0.15) is 43.4 Å². The molecule has 0 unspecified atom stereocenters. The highest BCUT2D eigenvalue weighted by Crippen LogP contribution is 2.35. The highest BCUT2D eigenvalue weighted by molar-refractivity contribution is 6.31. The normalized spacial score (nSPS) is 15.7. The number of ether oxygens (including phenoxy) is 1. The van der Waals surface area contributed by atoms with Crippen LogP contribution in [0.2, 0.25) is 5.02 Å². The van der Waals surface area contributed by atoms with E-state index in [0.717, 1.165) is 31.6 Å². The summed E-state index contributed by atoms with van der Waals surface area (Å²) in [5, 5.41) is 19.9. The van der Waals surface area contributed by atoms with Crippen LogP contribution in [0.5, 0.6) is 5.75 Å². The summed E-state index contributed by atoms with van der Waals surface area (Å²) in [5.41, 5.74) is 5.52. The fourth-order valence-electron chi connectivity index (χ4n) is 6.92. The number of rotatable bonds is 7. The quantitative estimate of drug-likeness (QED) is 0.206. The number of carbonyl (C=O) groups excluding carboxylic acids is 2. The minimum Gasteiger partial charge on any atom is -0.508 e. The van der Waals surface area contributed by atoms with Gasteiger partial charge >= 0.3 is 0 Å².